The Bertz CT molecular complexity index is 547. The highest BCUT2D eigenvalue weighted by atomic mass is 79.9. The van der Waals surface area contributed by atoms with Crippen LogP contribution >= 0.6 is 15.9 Å². The first-order valence-electron chi connectivity index (χ1n) is 4.85. The van der Waals surface area contributed by atoms with Gasteiger partial charge in [-0.1, -0.05) is 27.1 Å². The standard InChI is InChI=1S/C10H7BrF3N3O/c11-6-2-1-5(7(12)3-6)4-15-10-17-16-9(18-10)8(13)14/h1-3,8H,4H2,(H,15,17). The smallest absolute Gasteiger partial charge is 0.315 e. The maximum Gasteiger partial charge on any atom is 0.315 e. The summed E-state index contributed by atoms with van der Waals surface area (Å²) in [5.74, 6) is -1.20. The number of benzene rings is 1. The molecule has 0 aliphatic heterocycles. The van der Waals surface area contributed by atoms with Crippen molar-refractivity contribution in [1.82, 2.24) is 10.2 Å². The van der Waals surface area contributed by atoms with Crippen molar-refractivity contribution in [2.24, 2.45) is 0 Å². The second kappa shape index (κ2) is 5.38. The zero-order valence-corrected chi connectivity index (χ0v) is 10.4. The van der Waals surface area contributed by atoms with E-state index in [1.165, 1.54) is 6.07 Å². The van der Waals surface area contributed by atoms with Gasteiger partial charge in [0.25, 0.3) is 5.89 Å². The fraction of sp³-hybridized carbons (Fsp3) is 0.200. The van der Waals surface area contributed by atoms with Gasteiger partial charge in [-0.25, -0.2) is 4.39 Å². The van der Waals surface area contributed by atoms with E-state index in [0.717, 1.165) is 0 Å². The van der Waals surface area contributed by atoms with Crippen molar-refractivity contribution in [3.8, 4) is 0 Å². The number of rotatable bonds is 4. The SMILES string of the molecule is Fc1cc(Br)ccc1CNc1nnc(C(F)F)o1. The molecule has 18 heavy (non-hydrogen) atoms. The molecule has 0 aliphatic rings. The summed E-state index contributed by atoms with van der Waals surface area (Å²) >= 11 is 3.13. The summed E-state index contributed by atoms with van der Waals surface area (Å²) in [5.41, 5.74) is 0.356. The number of aromatic nitrogens is 2. The number of nitrogens with one attached hydrogen (secondary N) is 1. The van der Waals surface area contributed by atoms with Crippen LogP contribution in [0.3, 0.4) is 0 Å². The predicted molar refractivity (Wildman–Crippen MR) is 60.7 cm³/mol. The van der Waals surface area contributed by atoms with Gasteiger partial charge in [-0.15, -0.1) is 5.10 Å². The van der Waals surface area contributed by atoms with Crippen LogP contribution in [-0.2, 0) is 6.54 Å². The van der Waals surface area contributed by atoms with E-state index in [1.807, 2.05) is 0 Å². The van der Waals surface area contributed by atoms with Crippen LogP contribution < -0.4 is 5.32 Å². The summed E-state index contributed by atoms with van der Waals surface area (Å²) in [5, 5.41) is 9.06. The van der Waals surface area contributed by atoms with Crippen LogP contribution in [0.2, 0.25) is 0 Å². The lowest BCUT2D eigenvalue weighted by Gasteiger charge is -2.03. The third-order valence-electron chi connectivity index (χ3n) is 2.07. The van der Waals surface area contributed by atoms with Crippen LogP contribution in [0.25, 0.3) is 0 Å². The normalized spacial score (nSPS) is 10.9. The Morgan fingerprint density at radius 1 is 1.33 bits per heavy atom. The summed E-state index contributed by atoms with van der Waals surface area (Å²) in [4.78, 5) is 0. The first-order chi connectivity index (χ1) is 8.56. The molecule has 4 nitrogen and oxygen atoms in total. The lowest BCUT2D eigenvalue weighted by molar-refractivity contribution is 0.116. The number of anilines is 1. The van der Waals surface area contributed by atoms with E-state index in [1.54, 1.807) is 12.1 Å². The maximum atomic E-state index is 13.4. The molecule has 2 rings (SSSR count). The van der Waals surface area contributed by atoms with Crippen LogP contribution in [0.1, 0.15) is 17.9 Å². The van der Waals surface area contributed by atoms with Crippen LogP contribution in [0.5, 0.6) is 0 Å². The van der Waals surface area contributed by atoms with Gasteiger partial charge in [-0.05, 0) is 12.1 Å². The molecular formula is C10H7BrF3N3O. The minimum atomic E-state index is -2.82. The topological polar surface area (TPSA) is 51.0 Å². The minimum Gasteiger partial charge on any atom is -0.402 e. The summed E-state index contributed by atoms with van der Waals surface area (Å²) < 4.78 is 43.0. The van der Waals surface area contributed by atoms with Crippen molar-refractivity contribution in [3.05, 3.63) is 39.9 Å². The molecule has 0 saturated heterocycles. The monoisotopic (exact) mass is 321 g/mol. The van der Waals surface area contributed by atoms with E-state index in [-0.39, 0.29) is 12.6 Å². The zero-order valence-electron chi connectivity index (χ0n) is 8.83. The first-order valence-corrected chi connectivity index (χ1v) is 5.65. The lowest BCUT2D eigenvalue weighted by Crippen LogP contribution is -2.01. The van der Waals surface area contributed by atoms with E-state index in [2.05, 4.69) is 35.9 Å². The molecular weight excluding hydrogens is 315 g/mol. The Hall–Kier alpha value is -1.57. The molecule has 0 saturated carbocycles. The van der Waals surface area contributed by atoms with Crippen LogP contribution in [0.15, 0.2) is 27.1 Å². The number of nitrogens with zero attached hydrogens (tertiary/aromatic N) is 2. The van der Waals surface area contributed by atoms with E-state index >= 15 is 0 Å². The maximum absolute atomic E-state index is 13.4. The number of halogens is 4. The summed E-state index contributed by atoms with van der Waals surface area (Å²) in [7, 11) is 0. The quantitative estimate of drug-likeness (QED) is 0.936. The van der Waals surface area contributed by atoms with Gasteiger partial charge in [0, 0.05) is 16.6 Å². The zero-order chi connectivity index (χ0) is 13.1. The Balaban J connectivity index is 2.02. The number of hydrogen-bond acceptors (Lipinski definition) is 4. The summed E-state index contributed by atoms with van der Waals surface area (Å²) in [6.07, 6.45) is -2.82. The van der Waals surface area contributed by atoms with E-state index in [9.17, 15) is 13.2 Å². The molecule has 0 bridgehead atoms. The molecule has 0 aliphatic carbocycles. The molecule has 0 amide bonds. The first kappa shape index (κ1) is 12.9. The predicted octanol–water partition coefficient (Wildman–Crippen LogP) is 3.52. The molecule has 0 atom stereocenters. The van der Waals surface area contributed by atoms with Crippen molar-refractivity contribution < 1.29 is 17.6 Å². The second-order valence-electron chi connectivity index (χ2n) is 3.34. The molecule has 0 spiro atoms. The second-order valence-corrected chi connectivity index (χ2v) is 4.25. The molecule has 0 unspecified atom stereocenters. The number of hydrogen-bond donors (Lipinski definition) is 1. The van der Waals surface area contributed by atoms with Crippen LogP contribution in [0, 0.1) is 5.82 Å². The van der Waals surface area contributed by atoms with E-state index < -0.39 is 18.1 Å². The molecule has 1 aromatic heterocycles. The molecule has 96 valence electrons. The Labute approximate surface area is 108 Å². The van der Waals surface area contributed by atoms with Gasteiger partial charge in [0.1, 0.15) is 5.82 Å². The highest BCUT2D eigenvalue weighted by Crippen LogP contribution is 2.20. The largest absolute Gasteiger partial charge is 0.402 e. The van der Waals surface area contributed by atoms with Gasteiger partial charge < -0.3 is 9.73 Å². The van der Waals surface area contributed by atoms with E-state index in [0.29, 0.717) is 10.0 Å². The Kier molecular flexibility index (Phi) is 3.85. The summed E-state index contributed by atoms with van der Waals surface area (Å²) in [6.45, 7) is 0.0595. The lowest BCUT2D eigenvalue weighted by atomic mass is 10.2. The van der Waals surface area contributed by atoms with Gasteiger partial charge in [-0.3, -0.25) is 0 Å². The molecule has 1 aromatic carbocycles. The summed E-state index contributed by atoms with van der Waals surface area (Å²) in [6, 6.07) is 4.35. The average Bonchev–Trinajstić information content (AvgIpc) is 2.76. The molecule has 2 aromatic rings. The van der Waals surface area contributed by atoms with Crippen molar-refractivity contribution in [3.63, 3.8) is 0 Å². The number of alkyl halides is 2. The third kappa shape index (κ3) is 3.00. The highest BCUT2D eigenvalue weighted by molar-refractivity contribution is 9.10. The average molecular weight is 322 g/mol. The van der Waals surface area contributed by atoms with Gasteiger partial charge in [0.2, 0.25) is 0 Å². The Morgan fingerprint density at radius 2 is 2.11 bits per heavy atom. The van der Waals surface area contributed by atoms with Crippen molar-refractivity contribution in [2.45, 2.75) is 13.0 Å². The van der Waals surface area contributed by atoms with Crippen LogP contribution in [-0.4, -0.2) is 10.2 Å². The fourth-order valence-electron chi connectivity index (χ4n) is 1.23. The molecule has 8 heteroatoms. The molecule has 0 radical (unpaired) electrons. The molecule has 1 heterocycles. The Morgan fingerprint density at radius 3 is 2.72 bits per heavy atom. The van der Waals surface area contributed by atoms with Crippen molar-refractivity contribution in [2.75, 3.05) is 5.32 Å². The van der Waals surface area contributed by atoms with Crippen molar-refractivity contribution >= 4 is 21.9 Å². The minimum absolute atomic E-state index is 0.0595. The fourth-order valence-corrected chi connectivity index (χ4v) is 1.56. The van der Waals surface area contributed by atoms with Crippen molar-refractivity contribution in [1.29, 1.82) is 0 Å². The van der Waals surface area contributed by atoms with Gasteiger partial charge in [-0.2, -0.15) is 8.78 Å². The van der Waals surface area contributed by atoms with E-state index in [4.69, 9.17) is 0 Å². The van der Waals surface area contributed by atoms with Crippen LogP contribution in [0.4, 0.5) is 19.2 Å². The van der Waals surface area contributed by atoms with Gasteiger partial charge in [0.15, 0.2) is 0 Å². The molecule has 1 N–H and O–H groups in total. The van der Waals surface area contributed by atoms with Gasteiger partial charge >= 0.3 is 12.4 Å². The molecule has 0 fully saturated rings. The van der Waals surface area contributed by atoms with Gasteiger partial charge in [0.05, 0.1) is 0 Å². The third-order valence-corrected chi connectivity index (χ3v) is 2.57. The highest BCUT2D eigenvalue weighted by Gasteiger charge is 2.15.